The van der Waals surface area contributed by atoms with E-state index in [2.05, 4.69) is 15.0 Å². The van der Waals surface area contributed by atoms with Crippen LogP contribution >= 0.6 is 11.8 Å². The number of rotatable bonds is 5. The van der Waals surface area contributed by atoms with E-state index in [9.17, 15) is 9.59 Å². The summed E-state index contributed by atoms with van der Waals surface area (Å²) in [5, 5.41) is 0.396. The van der Waals surface area contributed by atoms with E-state index in [1.54, 1.807) is 13.1 Å². The van der Waals surface area contributed by atoms with Crippen LogP contribution in [0.5, 0.6) is 0 Å². The Hall–Kier alpha value is -2.54. The van der Waals surface area contributed by atoms with Crippen molar-refractivity contribution in [1.82, 2.24) is 15.0 Å². The van der Waals surface area contributed by atoms with Gasteiger partial charge < -0.3 is 9.72 Å². The molecule has 2 N–H and O–H groups in total. The molecule has 7 heteroatoms. The van der Waals surface area contributed by atoms with Crippen LogP contribution in [0.15, 0.2) is 46.5 Å². The quantitative estimate of drug-likeness (QED) is 0.427. The highest BCUT2D eigenvalue weighted by Crippen LogP contribution is 2.26. The summed E-state index contributed by atoms with van der Waals surface area (Å²) in [5.74, 6) is -0.231. The number of aromatic nitrogens is 3. The van der Waals surface area contributed by atoms with Gasteiger partial charge in [-0.2, -0.15) is 0 Å². The van der Waals surface area contributed by atoms with Gasteiger partial charge in [0.2, 0.25) is 0 Å². The number of benzene rings is 1. The topological polar surface area (TPSA) is 87.8 Å². The fourth-order valence-electron chi connectivity index (χ4n) is 2.23. The first-order chi connectivity index (χ1) is 11.2. The minimum Gasteiger partial charge on any atom is -0.465 e. The maximum atomic E-state index is 12.2. The number of hydrogen-bond acceptors (Lipinski definition) is 5. The van der Waals surface area contributed by atoms with Crippen molar-refractivity contribution in [2.45, 2.75) is 12.1 Å². The molecule has 0 saturated carbocycles. The largest absolute Gasteiger partial charge is 0.465 e. The fourth-order valence-corrected chi connectivity index (χ4v) is 2.89. The third kappa shape index (κ3) is 3.29. The van der Waals surface area contributed by atoms with E-state index in [0.717, 1.165) is 22.9 Å². The highest BCUT2D eigenvalue weighted by atomic mass is 32.2. The molecule has 0 unspecified atom stereocenters. The van der Waals surface area contributed by atoms with E-state index in [0.29, 0.717) is 22.8 Å². The Balaban J connectivity index is 1.96. The number of esters is 1. The van der Waals surface area contributed by atoms with E-state index >= 15 is 0 Å². The van der Waals surface area contributed by atoms with Gasteiger partial charge in [0.1, 0.15) is 11.0 Å². The van der Waals surface area contributed by atoms with Gasteiger partial charge in [0, 0.05) is 11.8 Å². The van der Waals surface area contributed by atoms with Gasteiger partial charge in [-0.1, -0.05) is 42.1 Å². The Morgan fingerprint density at radius 3 is 2.83 bits per heavy atom. The Kier molecular flexibility index (Phi) is 4.47. The lowest BCUT2D eigenvalue weighted by atomic mass is 10.1. The monoisotopic (exact) mass is 329 g/mol. The lowest BCUT2D eigenvalue weighted by Gasteiger charge is -2.03. The summed E-state index contributed by atoms with van der Waals surface area (Å²) < 4.78 is 4.87. The van der Waals surface area contributed by atoms with Gasteiger partial charge in [0.05, 0.1) is 12.4 Å². The van der Waals surface area contributed by atoms with E-state index < -0.39 is 0 Å². The first kappa shape index (κ1) is 15.4. The van der Waals surface area contributed by atoms with E-state index in [1.165, 1.54) is 0 Å². The van der Waals surface area contributed by atoms with E-state index in [1.807, 2.05) is 30.3 Å². The summed E-state index contributed by atoms with van der Waals surface area (Å²) in [6, 6.07) is 9.70. The molecule has 3 aromatic rings. The zero-order chi connectivity index (χ0) is 16.2. The number of aromatic amines is 2. The van der Waals surface area contributed by atoms with Crippen molar-refractivity contribution in [2.24, 2.45) is 0 Å². The molecule has 0 spiro atoms. The summed E-state index contributed by atoms with van der Waals surface area (Å²) in [6.45, 7) is 2.08. The van der Waals surface area contributed by atoms with Crippen LogP contribution in [0.3, 0.4) is 0 Å². The lowest BCUT2D eigenvalue weighted by molar-refractivity contribution is -0.139. The van der Waals surface area contributed by atoms with Crippen molar-refractivity contribution in [3.8, 4) is 11.1 Å². The zero-order valence-corrected chi connectivity index (χ0v) is 13.3. The van der Waals surface area contributed by atoms with Gasteiger partial charge in [-0.25, -0.2) is 4.98 Å². The smallest absolute Gasteiger partial charge is 0.316 e. The predicted molar refractivity (Wildman–Crippen MR) is 89.5 cm³/mol. The normalized spacial score (nSPS) is 10.8. The van der Waals surface area contributed by atoms with Crippen LogP contribution in [0.25, 0.3) is 22.2 Å². The minimum atomic E-state index is -0.336. The molecule has 0 aliphatic heterocycles. The second-order valence-corrected chi connectivity index (χ2v) is 5.72. The van der Waals surface area contributed by atoms with Crippen LogP contribution in [-0.4, -0.2) is 33.3 Å². The molecule has 0 fully saturated rings. The molecule has 23 heavy (non-hydrogen) atoms. The molecule has 0 aliphatic rings. The Bertz CT molecular complexity index is 886. The van der Waals surface area contributed by atoms with Crippen LogP contribution in [0.2, 0.25) is 0 Å². The van der Waals surface area contributed by atoms with Crippen LogP contribution in [0, 0.1) is 0 Å². The van der Waals surface area contributed by atoms with Crippen molar-refractivity contribution in [1.29, 1.82) is 0 Å². The minimum absolute atomic E-state index is 0.105. The fraction of sp³-hybridized carbons (Fsp3) is 0.188. The maximum absolute atomic E-state index is 12.2. The standard InChI is InChI=1S/C16H15N3O3S/c1-2-22-12(20)9-23-16-18-13-11(10-6-4-3-5-7-10)8-17-14(13)15(21)19-16/h3-8,17H,2,9H2,1H3,(H,18,19,21). The molecule has 1 aromatic carbocycles. The predicted octanol–water partition coefficient (Wildman–Crippen LogP) is 2.57. The highest BCUT2D eigenvalue weighted by Gasteiger charge is 2.13. The van der Waals surface area contributed by atoms with Crippen LogP contribution in [0.1, 0.15) is 6.92 Å². The third-order valence-corrected chi connectivity index (χ3v) is 4.08. The van der Waals surface area contributed by atoms with Crippen LogP contribution in [-0.2, 0) is 9.53 Å². The summed E-state index contributed by atoms with van der Waals surface area (Å²) in [5.41, 5.74) is 2.57. The SMILES string of the molecule is CCOC(=O)CSc1nc2c(-c3ccccc3)c[nH]c2c(=O)[nH]1. The molecule has 0 atom stereocenters. The molecule has 118 valence electrons. The third-order valence-electron chi connectivity index (χ3n) is 3.23. The molecule has 2 aromatic heterocycles. The molecule has 0 bridgehead atoms. The number of H-pyrrole nitrogens is 2. The van der Waals surface area contributed by atoms with Gasteiger partial charge in [-0.05, 0) is 12.5 Å². The van der Waals surface area contributed by atoms with E-state index in [4.69, 9.17) is 4.74 Å². The lowest BCUT2D eigenvalue weighted by Crippen LogP contribution is -2.11. The number of thioether (sulfide) groups is 1. The first-order valence-corrected chi connectivity index (χ1v) is 8.13. The number of carbonyl (C=O) groups is 1. The molecule has 0 amide bonds. The summed E-state index contributed by atoms with van der Waals surface area (Å²) in [7, 11) is 0. The zero-order valence-electron chi connectivity index (χ0n) is 12.5. The number of carbonyl (C=O) groups excluding carboxylic acids is 1. The molecule has 0 saturated heterocycles. The molecule has 3 rings (SSSR count). The molecule has 0 aliphatic carbocycles. The van der Waals surface area contributed by atoms with Gasteiger partial charge >= 0.3 is 5.97 Å². The molecular formula is C16H15N3O3S. The number of nitrogens with one attached hydrogen (secondary N) is 2. The van der Waals surface area contributed by atoms with Crippen molar-refractivity contribution in [3.63, 3.8) is 0 Å². The Morgan fingerprint density at radius 2 is 2.09 bits per heavy atom. The number of hydrogen-bond donors (Lipinski definition) is 2. The van der Waals surface area contributed by atoms with Crippen molar-refractivity contribution < 1.29 is 9.53 Å². The summed E-state index contributed by atoms with van der Waals surface area (Å²) in [6.07, 6.45) is 1.77. The summed E-state index contributed by atoms with van der Waals surface area (Å²) in [4.78, 5) is 33.7. The number of nitrogens with zero attached hydrogens (tertiary/aromatic N) is 1. The van der Waals surface area contributed by atoms with E-state index in [-0.39, 0.29) is 17.3 Å². The Morgan fingerprint density at radius 1 is 1.30 bits per heavy atom. The maximum Gasteiger partial charge on any atom is 0.316 e. The van der Waals surface area contributed by atoms with Gasteiger partial charge in [0.15, 0.2) is 5.16 Å². The average molecular weight is 329 g/mol. The summed E-state index contributed by atoms with van der Waals surface area (Å²) >= 11 is 1.15. The molecular weight excluding hydrogens is 314 g/mol. The van der Waals surface area contributed by atoms with Gasteiger partial charge in [0.25, 0.3) is 5.56 Å². The van der Waals surface area contributed by atoms with Crippen LogP contribution in [0.4, 0.5) is 0 Å². The molecule has 6 nitrogen and oxygen atoms in total. The second kappa shape index (κ2) is 6.70. The number of fused-ring (bicyclic) bond motifs is 1. The van der Waals surface area contributed by atoms with Crippen molar-refractivity contribution in [2.75, 3.05) is 12.4 Å². The van der Waals surface area contributed by atoms with Crippen molar-refractivity contribution in [3.05, 3.63) is 46.9 Å². The van der Waals surface area contributed by atoms with Gasteiger partial charge in [-0.15, -0.1) is 0 Å². The average Bonchev–Trinajstić information content (AvgIpc) is 2.98. The first-order valence-electron chi connectivity index (χ1n) is 7.14. The highest BCUT2D eigenvalue weighted by molar-refractivity contribution is 7.99. The Labute approximate surface area is 136 Å². The second-order valence-electron chi connectivity index (χ2n) is 4.76. The molecule has 0 radical (unpaired) electrons. The van der Waals surface area contributed by atoms with Crippen LogP contribution < -0.4 is 5.56 Å². The van der Waals surface area contributed by atoms with Gasteiger partial charge in [-0.3, -0.25) is 14.6 Å². The number of ether oxygens (including phenoxy) is 1. The molecule has 2 heterocycles. The van der Waals surface area contributed by atoms with Crippen molar-refractivity contribution >= 4 is 28.8 Å².